The van der Waals surface area contributed by atoms with E-state index in [1.807, 2.05) is 44.8 Å². The van der Waals surface area contributed by atoms with Gasteiger partial charge in [0.15, 0.2) is 0 Å². The van der Waals surface area contributed by atoms with Crippen molar-refractivity contribution in [1.82, 2.24) is 24.9 Å². The van der Waals surface area contributed by atoms with Crippen LogP contribution in [0.4, 0.5) is 0 Å². The van der Waals surface area contributed by atoms with Gasteiger partial charge >= 0.3 is 0 Å². The van der Waals surface area contributed by atoms with E-state index < -0.39 is 0 Å². The van der Waals surface area contributed by atoms with Crippen molar-refractivity contribution in [1.29, 1.82) is 0 Å². The number of para-hydroxylation sites is 1. The molecule has 35 heavy (non-hydrogen) atoms. The minimum absolute atomic E-state index is 0.00982. The number of rotatable bonds is 8. The van der Waals surface area contributed by atoms with Crippen LogP contribution >= 0.6 is 0 Å². The topological polar surface area (TPSA) is 79.7 Å². The molecule has 2 saturated heterocycles. The number of morpholine rings is 1. The van der Waals surface area contributed by atoms with Crippen molar-refractivity contribution in [2.75, 3.05) is 45.9 Å². The predicted molar refractivity (Wildman–Crippen MR) is 136 cm³/mol. The first-order chi connectivity index (χ1) is 17.0. The number of hydrogen-bond donors (Lipinski definition) is 1. The maximum absolute atomic E-state index is 14.0. The fraction of sp³-hybridized carbons (Fsp3) is 0.593. The Labute approximate surface area is 208 Å². The monoisotopic (exact) mass is 481 g/mol. The summed E-state index contributed by atoms with van der Waals surface area (Å²) in [6.45, 7) is 10.9. The van der Waals surface area contributed by atoms with Crippen molar-refractivity contribution in [3.63, 3.8) is 0 Å². The first kappa shape index (κ1) is 25.4. The molecule has 2 aliphatic rings. The third-order valence-electron chi connectivity index (χ3n) is 6.85. The Bertz CT molecular complexity index is 984. The summed E-state index contributed by atoms with van der Waals surface area (Å²) in [5.41, 5.74) is 2.57. The zero-order valence-corrected chi connectivity index (χ0v) is 21.3. The summed E-state index contributed by atoms with van der Waals surface area (Å²) < 4.78 is 7.31. The SMILES string of the molecule is CCCc1c(C(=O)N(CC(C)C)[C@@H]2CNCC(C(=O)N3CCOCC3)C2)cnn1-c1ccccc1. The number of piperidine rings is 1. The van der Waals surface area contributed by atoms with E-state index in [9.17, 15) is 9.59 Å². The molecule has 2 amide bonds. The van der Waals surface area contributed by atoms with E-state index >= 15 is 0 Å². The highest BCUT2D eigenvalue weighted by atomic mass is 16.5. The van der Waals surface area contributed by atoms with Crippen LogP contribution in [0.5, 0.6) is 0 Å². The van der Waals surface area contributed by atoms with Gasteiger partial charge in [-0.15, -0.1) is 0 Å². The number of benzene rings is 1. The van der Waals surface area contributed by atoms with Gasteiger partial charge in [0.1, 0.15) is 0 Å². The number of hydrogen-bond acceptors (Lipinski definition) is 5. The third kappa shape index (κ3) is 5.93. The van der Waals surface area contributed by atoms with Gasteiger partial charge in [-0.05, 0) is 30.9 Å². The Morgan fingerprint density at radius 1 is 1.17 bits per heavy atom. The van der Waals surface area contributed by atoms with E-state index in [4.69, 9.17) is 4.74 Å². The predicted octanol–water partition coefficient (Wildman–Crippen LogP) is 2.76. The Balaban J connectivity index is 1.58. The summed E-state index contributed by atoms with van der Waals surface area (Å²) in [5.74, 6) is 0.367. The molecule has 8 heteroatoms. The molecule has 8 nitrogen and oxygen atoms in total. The van der Waals surface area contributed by atoms with E-state index in [0.29, 0.717) is 63.8 Å². The molecule has 1 aromatic carbocycles. The molecule has 0 spiro atoms. The summed E-state index contributed by atoms with van der Waals surface area (Å²) >= 11 is 0. The number of amides is 2. The summed E-state index contributed by atoms with van der Waals surface area (Å²) in [4.78, 5) is 31.1. The third-order valence-corrected chi connectivity index (χ3v) is 6.85. The first-order valence-electron chi connectivity index (χ1n) is 13.0. The van der Waals surface area contributed by atoms with Gasteiger partial charge in [0.05, 0.1) is 42.3 Å². The van der Waals surface area contributed by atoms with E-state index in [1.54, 1.807) is 6.20 Å². The number of aromatic nitrogens is 2. The lowest BCUT2D eigenvalue weighted by atomic mass is 9.92. The number of nitrogens with one attached hydrogen (secondary N) is 1. The molecule has 0 radical (unpaired) electrons. The van der Waals surface area contributed by atoms with E-state index in [1.165, 1.54) is 0 Å². The Morgan fingerprint density at radius 2 is 1.91 bits per heavy atom. The van der Waals surface area contributed by atoms with Crippen LogP contribution in [0.3, 0.4) is 0 Å². The van der Waals surface area contributed by atoms with Crippen molar-refractivity contribution in [2.24, 2.45) is 11.8 Å². The summed E-state index contributed by atoms with van der Waals surface area (Å²) in [6.07, 6.45) is 4.09. The number of ether oxygens (including phenoxy) is 1. The molecule has 1 unspecified atom stereocenters. The maximum atomic E-state index is 14.0. The average Bonchev–Trinajstić information content (AvgIpc) is 3.31. The van der Waals surface area contributed by atoms with Crippen molar-refractivity contribution < 1.29 is 14.3 Å². The number of carbonyl (C=O) groups is 2. The van der Waals surface area contributed by atoms with Gasteiger partial charge in [0, 0.05) is 38.8 Å². The molecule has 2 aromatic rings. The lowest BCUT2D eigenvalue weighted by molar-refractivity contribution is -0.140. The van der Waals surface area contributed by atoms with Crippen LogP contribution in [0.25, 0.3) is 5.69 Å². The second-order valence-electron chi connectivity index (χ2n) is 10.0. The first-order valence-corrected chi connectivity index (χ1v) is 13.0. The van der Waals surface area contributed by atoms with E-state index in [-0.39, 0.29) is 23.8 Å². The Hall–Kier alpha value is -2.71. The standard InChI is InChI=1S/C27H39N5O3/c1-4-8-25-24(18-29-32(25)22-9-6-5-7-10-22)27(34)31(19-20(2)3)23-15-21(16-28-17-23)26(33)30-11-13-35-14-12-30/h5-7,9-10,18,20-21,23,28H,4,8,11-17,19H2,1-3H3/t21?,23-/m0/s1. The molecule has 4 rings (SSSR count). The van der Waals surface area contributed by atoms with Crippen LogP contribution in [0.2, 0.25) is 0 Å². The van der Waals surface area contributed by atoms with Gasteiger partial charge in [-0.3, -0.25) is 9.59 Å². The lowest BCUT2D eigenvalue weighted by Gasteiger charge is -2.40. The van der Waals surface area contributed by atoms with Crippen molar-refractivity contribution in [2.45, 2.75) is 46.1 Å². The highest BCUT2D eigenvalue weighted by Crippen LogP contribution is 2.24. The van der Waals surface area contributed by atoms with Crippen LogP contribution in [-0.4, -0.2) is 83.4 Å². The van der Waals surface area contributed by atoms with Crippen LogP contribution < -0.4 is 5.32 Å². The second-order valence-corrected chi connectivity index (χ2v) is 10.0. The minimum atomic E-state index is -0.128. The molecule has 0 aliphatic carbocycles. The van der Waals surface area contributed by atoms with Gasteiger partial charge in [0.2, 0.25) is 5.91 Å². The fourth-order valence-electron chi connectivity index (χ4n) is 5.15. The van der Waals surface area contributed by atoms with Gasteiger partial charge in [-0.1, -0.05) is 45.4 Å². The molecule has 2 aliphatic heterocycles. The van der Waals surface area contributed by atoms with Crippen molar-refractivity contribution in [3.8, 4) is 5.69 Å². The summed E-state index contributed by atoms with van der Waals surface area (Å²) in [6, 6.07) is 9.94. The van der Waals surface area contributed by atoms with Gasteiger partial charge in [-0.2, -0.15) is 5.10 Å². The number of nitrogens with zero attached hydrogens (tertiary/aromatic N) is 4. The van der Waals surface area contributed by atoms with Gasteiger partial charge < -0.3 is 19.9 Å². The molecular formula is C27H39N5O3. The van der Waals surface area contributed by atoms with E-state index in [2.05, 4.69) is 31.2 Å². The molecule has 1 N–H and O–H groups in total. The summed E-state index contributed by atoms with van der Waals surface area (Å²) in [5, 5.41) is 8.06. The molecule has 0 bridgehead atoms. The number of carbonyl (C=O) groups excluding carboxylic acids is 2. The quantitative estimate of drug-likeness (QED) is 0.627. The highest BCUT2D eigenvalue weighted by Gasteiger charge is 2.36. The molecule has 2 atom stereocenters. The molecule has 190 valence electrons. The Morgan fingerprint density at radius 3 is 2.60 bits per heavy atom. The zero-order valence-electron chi connectivity index (χ0n) is 21.3. The molecule has 3 heterocycles. The molecule has 1 aromatic heterocycles. The Kier molecular flexibility index (Phi) is 8.57. The minimum Gasteiger partial charge on any atom is -0.378 e. The molecule has 2 fully saturated rings. The zero-order chi connectivity index (χ0) is 24.8. The summed E-state index contributed by atoms with van der Waals surface area (Å²) in [7, 11) is 0. The average molecular weight is 482 g/mol. The largest absolute Gasteiger partial charge is 0.378 e. The van der Waals surface area contributed by atoms with Gasteiger partial charge in [-0.25, -0.2) is 4.68 Å². The highest BCUT2D eigenvalue weighted by molar-refractivity contribution is 5.95. The molecular weight excluding hydrogens is 442 g/mol. The van der Waals surface area contributed by atoms with E-state index in [0.717, 1.165) is 24.2 Å². The molecule has 0 saturated carbocycles. The van der Waals surface area contributed by atoms with Crippen molar-refractivity contribution in [3.05, 3.63) is 47.8 Å². The van der Waals surface area contributed by atoms with Crippen LogP contribution in [-0.2, 0) is 16.0 Å². The van der Waals surface area contributed by atoms with Crippen LogP contribution in [0.15, 0.2) is 36.5 Å². The second kappa shape index (κ2) is 11.8. The van der Waals surface area contributed by atoms with Crippen LogP contribution in [0.1, 0.15) is 49.7 Å². The van der Waals surface area contributed by atoms with Crippen LogP contribution in [0, 0.1) is 11.8 Å². The maximum Gasteiger partial charge on any atom is 0.257 e. The fourth-order valence-corrected chi connectivity index (χ4v) is 5.15. The lowest BCUT2D eigenvalue weighted by Crippen LogP contribution is -2.56. The smallest absolute Gasteiger partial charge is 0.257 e. The normalized spacial score (nSPS) is 20.7. The van der Waals surface area contributed by atoms with Gasteiger partial charge in [0.25, 0.3) is 5.91 Å². The van der Waals surface area contributed by atoms with Crippen molar-refractivity contribution >= 4 is 11.8 Å².